The highest BCUT2D eigenvalue weighted by molar-refractivity contribution is 6.17. The maximum absolute atomic E-state index is 13.2. The summed E-state index contributed by atoms with van der Waals surface area (Å²) in [5.74, 6) is 0.266. The average Bonchev–Trinajstić information content (AvgIpc) is 2.71. The van der Waals surface area contributed by atoms with E-state index in [4.69, 9.17) is 16.3 Å². The van der Waals surface area contributed by atoms with Crippen molar-refractivity contribution in [3.63, 3.8) is 0 Å². The Balaban J connectivity index is 2.21. The minimum atomic E-state index is -0.227. The second-order valence-corrected chi connectivity index (χ2v) is 4.36. The Hall–Kier alpha value is -1.13. The van der Waals surface area contributed by atoms with Crippen LogP contribution in [0.15, 0.2) is 18.2 Å². The third-order valence-electron chi connectivity index (χ3n) is 2.81. The lowest BCUT2D eigenvalue weighted by Crippen LogP contribution is -2.11. The van der Waals surface area contributed by atoms with Gasteiger partial charge < -0.3 is 4.74 Å². The molecular weight excluding hydrogens is 255 g/mol. The van der Waals surface area contributed by atoms with E-state index < -0.39 is 0 Å². The third kappa shape index (κ3) is 2.82. The topological polar surface area (TPSA) is 27.1 Å². The van der Waals surface area contributed by atoms with Crippen LogP contribution < -0.4 is 0 Å². The molecule has 0 saturated heterocycles. The molecule has 2 rings (SSSR count). The van der Waals surface area contributed by atoms with Crippen LogP contribution in [0.2, 0.25) is 0 Å². The van der Waals surface area contributed by atoms with Crippen LogP contribution in [0.4, 0.5) is 4.39 Å². The highest BCUT2D eigenvalue weighted by atomic mass is 35.5. The summed E-state index contributed by atoms with van der Waals surface area (Å²) in [4.78, 5) is 0. The average molecular weight is 271 g/mol. The van der Waals surface area contributed by atoms with Crippen LogP contribution in [-0.2, 0) is 17.7 Å². The lowest BCUT2D eigenvalue weighted by atomic mass is 10.2. The van der Waals surface area contributed by atoms with Gasteiger partial charge in [0.1, 0.15) is 5.82 Å². The van der Waals surface area contributed by atoms with Gasteiger partial charge in [0.25, 0.3) is 0 Å². The summed E-state index contributed by atoms with van der Waals surface area (Å²) in [6.07, 6.45) is 0.815. The second-order valence-electron chi connectivity index (χ2n) is 3.99. The summed E-state index contributed by atoms with van der Waals surface area (Å²) >= 11 is 5.53. The molecule has 0 saturated carbocycles. The van der Waals surface area contributed by atoms with Gasteiger partial charge in [0.2, 0.25) is 0 Å². The molecule has 0 atom stereocenters. The van der Waals surface area contributed by atoms with Gasteiger partial charge in [-0.25, -0.2) is 4.39 Å². The Morgan fingerprint density at radius 2 is 2.22 bits per heavy atom. The highest BCUT2D eigenvalue weighted by Gasteiger charge is 2.10. The number of benzene rings is 1. The van der Waals surface area contributed by atoms with Crippen LogP contribution in [0.1, 0.15) is 12.6 Å². The van der Waals surface area contributed by atoms with Gasteiger partial charge in [0, 0.05) is 17.0 Å². The number of aromatic nitrogens is 2. The molecule has 0 fully saturated rings. The number of fused-ring (bicyclic) bond motifs is 1. The monoisotopic (exact) mass is 270 g/mol. The van der Waals surface area contributed by atoms with Gasteiger partial charge in [-0.15, -0.1) is 11.6 Å². The smallest absolute Gasteiger partial charge is 0.124 e. The zero-order valence-corrected chi connectivity index (χ0v) is 11.1. The van der Waals surface area contributed by atoms with Crippen molar-refractivity contribution in [3.8, 4) is 0 Å². The molecule has 5 heteroatoms. The van der Waals surface area contributed by atoms with Crippen LogP contribution >= 0.6 is 11.6 Å². The van der Waals surface area contributed by atoms with Crippen molar-refractivity contribution in [2.24, 2.45) is 0 Å². The van der Waals surface area contributed by atoms with E-state index >= 15 is 0 Å². The Bertz CT molecular complexity index is 527. The first-order valence-corrected chi connectivity index (χ1v) is 6.58. The number of hydrogen-bond acceptors (Lipinski definition) is 2. The van der Waals surface area contributed by atoms with E-state index in [1.54, 1.807) is 6.07 Å². The molecule has 0 radical (unpaired) electrons. The van der Waals surface area contributed by atoms with Crippen molar-refractivity contribution >= 4 is 22.5 Å². The minimum absolute atomic E-state index is 0.227. The summed E-state index contributed by atoms with van der Waals surface area (Å²) in [5, 5.41) is 5.34. The van der Waals surface area contributed by atoms with Gasteiger partial charge in [-0.05, 0) is 24.6 Å². The van der Waals surface area contributed by atoms with Gasteiger partial charge in [-0.2, -0.15) is 5.10 Å². The first-order valence-electron chi connectivity index (χ1n) is 6.05. The van der Waals surface area contributed by atoms with E-state index in [1.165, 1.54) is 12.1 Å². The lowest BCUT2D eigenvalue weighted by Gasteiger charge is -2.06. The van der Waals surface area contributed by atoms with Crippen molar-refractivity contribution in [2.75, 3.05) is 19.1 Å². The molecule has 98 valence electrons. The number of hydrogen-bond donors (Lipinski definition) is 0. The van der Waals surface area contributed by atoms with Crippen molar-refractivity contribution in [1.82, 2.24) is 9.78 Å². The lowest BCUT2D eigenvalue weighted by molar-refractivity contribution is 0.137. The highest BCUT2D eigenvalue weighted by Crippen LogP contribution is 2.20. The van der Waals surface area contributed by atoms with Gasteiger partial charge in [0.15, 0.2) is 0 Å². The van der Waals surface area contributed by atoms with E-state index in [2.05, 4.69) is 5.10 Å². The van der Waals surface area contributed by atoms with Crippen molar-refractivity contribution < 1.29 is 9.13 Å². The normalized spacial score (nSPS) is 11.3. The van der Waals surface area contributed by atoms with Crippen molar-refractivity contribution in [2.45, 2.75) is 19.9 Å². The molecule has 0 aliphatic carbocycles. The molecule has 0 unspecified atom stereocenters. The molecule has 1 heterocycles. The Morgan fingerprint density at radius 3 is 2.94 bits per heavy atom. The van der Waals surface area contributed by atoms with E-state index in [0.717, 1.165) is 23.0 Å². The van der Waals surface area contributed by atoms with Crippen LogP contribution in [0.25, 0.3) is 10.9 Å². The molecule has 3 nitrogen and oxygen atoms in total. The predicted molar refractivity (Wildman–Crippen MR) is 70.6 cm³/mol. The van der Waals surface area contributed by atoms with E-state index in [1.807, 2.05) is 11.6 Å². The Kier molecular flexibility index (Phi) is 4.55. The fourth-order valence-corrected chi connectivity index (χ4v) is 2.13. The largest absolute Gasteiger partial charge is 0.378 e. The third-order valence-corrected chi connectivity index (χ3v) is 2.97. The SMILES string of the molecule is CCc1c2cc(F)ccc2nn1CCOCCCl. The number of rotatable bonds is 6. The second kappa shape index (κ2) is 6.16. The fourth-order valence-electron chi connectivity index (χ4n) is 2.02. The van der Waals surface area contributed by atoms with E-state index in [-0.39, 0.29) is 5.82 Å². The molecule has 0 amide bonds. The maximum Gasteiger partial charge on any atom is 0.124 e. The molecular formula is C13H16ClFN2O. The van der Waals surface area contributed by atoms with Crippen LogP contribution in [0.5, 0.6) is 0 Å². The molecule has 0 aliphatic heterocycles. The van der Waals surface area contributed by atoms with Crippen LogP contribution in [0, 0.1) is 5.82 Å². The zero-order chi connectivity index (χ0) is 13.0. The van der Waals surface area contributed by atoms with Crippen molar-refractivity contribution in [1.29, 1.82) is 0 Å². The number of aryl methyl sites for hydroxylation is 1. The van der Waals surface area contributed by atoms with E-state index in [0.29, 0.717) is 25.6 Å². The van der Waals surface area contributed by atoms with Crippen molar-refractivity contribution in [3.05, 3.63) is 29.7 Å². The molecule has 0 N–H and O–H groups in total. The number of ether oxygens (including phenoxy) is 1. The Labute approximate surface area is 110 Å². The summed E-state index contributed by atoms with van der Waals surface area (Å²) in [6, 6.07) is 4.68. The van der Waals surface area contributed by atoms with E-state index in [9.17, 15) is 4.39 Å². The number of halogens is 2. The summed E-state index contributed by atoms with van der Waals surface area (Å²) in [6.45, 7) is 3.81. The molecule has 0 bridgehead atoms. The van der Waals surface area contributed by atoms with Crippen LogP contribution in [0.3, 0.4) is 0 Å². The first-order chi connectivity index (χ1) is 8.76. The molecule has 1 aromatic heterocycles. The molecule has 0 aliphatic rings. The molecule has 18 heavy (non-hydrogen) atoms. The molecule has 0 spiro atoms. The summed E-state index contributed by atoms with van der Waals surface area (Å²) in [7, 11) is 0. The Morgan fingerprint density at radius 1 is 1.39 bits per heavy atom. The molecule has 1 aromatic carbocycles. The minimum Gasteiger partial charge on any atom is -0.378 e. The van der Waals surface area contributed by atoms with Gasteiger partial charge in [-0.1, -0.05) is 6.92 Å². The predicted octanol–water partition coefficient (Wildman–Crippen LogP) is 2.99. The number of alkyl halides is 1. The fraction of sp³-hybridized carbons (Fsp3) is 0.462. The van der Waals surface area contributed by atoms with Crippen LogP contribution in [-0.4, -0.2) is 28.9 Å². The van der Waals surface area contributed by atoms with Gasteiger partial charge in [0.05, 0.1) is 25.3 Å². The molecule has 2 aromatic rings. The maximum atomic E-state index is 13.2. The number of nitrogens with zero attached hydrogens (tertiary/aromatic N) is 2. The van der Waals surface area contributed by atoms with Gasteiger partial charge >= 0.3 is 0 Å². The quantitative estimate of drug-likeness (QED) is 0.596. The first kappa shape index (κ1) is 13.3. The summed E-state index contributed by atoms with van der Waals surface area (Å²) in [5.41, 5.74) is 1.87. The van der Waals surface area contributed by atoms with Gasteiger partial charge in [-0.3, -0.25) is 4.68 Å². The zero-order valence-electron chi connectivity index (χ0n) is 10.3. The summed E-state index contributed by atoms with van der Waals surface area (Å²) < 4.78 is 20.5. The standard InChI is InChI=1S/C13H16ClFN2O/c1-2-13-11-9-10(15)3-4-12(11)16-17(13)6-8-18-7-5-14/h3-4,9H,2,5-8H2,1H3.